The van der Waals surface area contributed by atoms with Gasteiger partial charge in [-0.15, -0.1) is 0 Å². The Hall–Kier alpha value is -5.51. The van der Waals surface area contributed by atoms with E-state index in [2.05, 4.69) is 98.0 Å². The molecule has 0 radical (unpaired) electrons. The average Bonchev–Trinajstić information content (AvgIpc) is 3.75. The lowest BCUT2D eigenvalue weighted by atomic mass is 9.93. The lowest BCUT2D eigenvalue weighted by molar-refractivity contribution is 0.159. The number of rotatable bonds is 22. The number of allylic oxidation sites excluding steroid dienone is 2. The summed E-state index contributed by atoms with van der Waals surface area (Å²) in [4.78, 5) is 2.43. The van der Waals surface area contributed by atoms with Crippen LogP contribution >= 0.6 is 0 Å². The number of ether oxygens (including phenoxy) is 1. The fourth-order valence-corrected chi connectivity index (χ4v) is 8.15. The Bertz CT molecular complexity index is 2090. The van der Waals surface area contributed by atoms with E-state index in [1.54, 1.807) is 48.4 Å². The molecule has 0 aliphatic heterocycles. The summed E-state index contributed by atoms with van der Waals surface area (Å²) in [6, 6.07) is 24.0. The number of halogens is 1. The van der Waals surface area contributed by atoms with Gasteiger partial charge in [0.25, 0.3) is 0 Å². The molecule has 0 saturated heterocycles. The number of nitriles is 2. The summed E-state index contributed by atoms with van der Waals surface area (Å²) in [6.45, 7) is 15.1. The molecule has 63 heavy (non-hydrogen) atoms. The summed E-state index contributed by atoms with van der Waals surface area (Å²) in [5, 5.41) is 33.9. The van der Waals surface area contributed by atoms with Crippen LogP contribution in [0, 0.1) is 29.7 Å². The molecule has 5 rings (SSSR count). The number of phenolic OH excluding ortho intramolecular Hbond substituents is 1. The Morgan fingerprint density at radius 2 is 1.65 bits per heavy atom. The minimum absolute atomic E-state index is 0.0147. The number of phenols is 1. The number of aromatic hydroxyl groups is 1. The molecule has 0 fully saturated rings. The molecule has 4 aromatic carbocycles. The smallest absolute Gasteiger partial charge is 0.181 e. The van der Waals surface area contributed by atoms with Crippen molar-refractivity contribution in [2.24, 2.45) is 0 Å². The molecule has 0 amide bonds. The van der Waals surface area contributed by atoms with Crippen LogP contribution in [-0.4, -0.2) is 30.9 Å². The lowest BCUT2D eigenvalue weighted by Crippen LogP contribution is -2.19. The predicted molar refractivity (Wildman–Crippen MR) is 263 cm³/mol. The van der Waals surface area contributed by atoms with Crippen LogP contribution in [0.5, 0.6) is 11.5 Å². The Morgan fingerprint density at radius 3 is 2.35 bits per heavy atom. The Labute approximate surface area is 379 Å². The van der Waals surface area contributed by atoms with E-state index in [-0.39, 0.29) is 18.0 Å². The van der Waals surface area contributed by atoms with Crippen molar-refractivity contribution in [3.8, 4) is 34.9 Å². The third kappa shape index (κ3) is 17.6. The van der Waals surface area contributed by atoms with Gasteiger partial charge < -0.3 is 25.8 Å². The first-order chi connectivity index (χ1) is 30.4. The number of nitrogen functional groups attached to an aromatic ring is 1. The van der Waals surface area contributed by atoms with Crippen LogP contribution in [0.2, 0.25) is 0 Å². The number of nitrogens with two attached hydrogens (primary N) is 1. The number of anilines is 3. The first kappa shape index (κ1) is 51.8. The van der Waals surface area contributed by atoms with Gasteiger partial charge in [-0.2, -0.15) is 10.5 Å². The number of aryl methyl sites for hydroxylation is 1. The summed E-state index contributed by atoms with van der Waals surface area (Å²) in [5.41, 5.74) is 16.5. The van der Waals surface area contributed by atoms with Crippen LogP contribution in [-0.2, 0) is 26.0 Å². The summed E-state index contributed by atoms with van der Waals surface area (Å²) in [7, 11) is 2.23. The zero-order chi connectivity index (χ0) is 46.0. The summed E-state index contributed by atoms with van der Waals surface area (Å²) >= 11 is 0. The number of nitrogens with one attached hydrogen (secondary N) is 2. The van der Waals surface area contributed by atoms with Crippen molar-refractivity contribution >= 4 is 17.1 Å². The molecule has 340 valence electrons. The fraction of sp³-hybridized carbons (Fsp3) is 0.481. The first-order valence-electron chi connectivity index (χ1n) is 23.3. The van der Waals surface area contributed by atoms with Gasteiger partial charge in [-0.25, -0.2) is 4.39 Å². The molecule has 4 aromatic rings. The lowest BCUT2D eigenvalue weighted by Gasteiger charge is -2.23. The predicted octanol–water partition coefficient (Wildman–Crippen LogP) is 13.6. The van der Waals surface area contributed by atoms with E-state index < -0.39 is 5.67 Å². The number of hydrogen-bond donors (Lipinski definition) is 4. The van der Waals surface area contributed by atoms with Gasteiger partial charge in [0, 0.05) is 43.1 Å². The van der Waals surface area contributed by atoms with Gasteiger partial charge in [0.05, 0.1) is 17.3 Å². The molecule has 0 heterocycles. The largest absolute Gasteiger partial charge is 0.506 e. The highest BCUT2D eigenvalue weighted by Crippen LogP contribution is 2.37. The van der Waals surface area contributed by atoms with E-state index in [4.69, 9.17) is 15.7 Å². The second-order valence-corrected chi connectivity index (χ2v) is 16.9. The van der Waals surface area contributed by atoms with Crippen LogP contribution < -0.4 is 26.0 Å². The van der Waals surface area contributed by atoms with Crippen LogP contribution in [0.15, 0.2) is 78.9 Å². The molecule has 0 unspecified atom stereocenters. The molecule has 9 heteroatoms. The van der Waals surface area contributed by atoms with Gasteiger partial charge >= 0.3 is 0 Å². The van der Waals surface area contributed by atoms with Crippen molar-refractivity contribution in [1.29, 1.82) is 10.5 Å². The van der Waals surface area contributed by atoms with E-state index in [0.29, 0.717) is 36.4 Å². The van der Waals surface area contributed by atoms with Crippen molar-refractivity contribution in [2.75, 3.05) is 36.1 Å². The maximum atomic E-state index is 13.1. The quantitative estimate of drug-likeness (QED) is 0.0153. The molecule has 0 spiro atoms. The molecule has 0 bridgehead atoms. The van der Waals surface area contributed by atoms with Crippen LogP contribution in [0.1, 0.15) is 145 Å². The number of hydrogen-bond acceptors (Lipinski definition) is 8. The molecule has 5 N–H and O–H groups in total. The van der Waals surface area contributed by atoms with Crippen molar-refractivity contribution in [2.45, 2.75) is 150 Å². The molecular formula is C54H75FN6O2. The number of benzene rings is 4. The Morgan fingerprint density at radius 1 is 0.905 bits per heavy atom. The maximum absolute atomic E-state index is 13.1. The fourth-order valence-electron chi connectivity index (χ4n) is 8.15. The van der Waals surface area contributed by atoms with E-state index in [1.807, 2.05) is 20.0 Å². The second-order valence-electron chi connectivity index (χ2n) is 16.9. The van der Waals surface area contributed by atoms with Gasteiger partial charge in [-0.1, -0.05) is 95.9 Å². The Balaban J connectivity index is 0.000000288. The minimum atomic E-state index is -0.899. The number of alkyl halides is 1. The maximum Gasteiger partial charge on any atom is 0.181 e. The zero-order valence-corrected chi connectivity index (χ0v) is 39.4. The molecular weight excluding hydrogens is 784 g/mol. The molecule has 8 nitrogen and oxygen atoms in total. The second kappa shape index (κ2) is 28.2. The van der Waals surface area contributed by atoms with Gasteiger partial charge in [-0.3, -0.25) is 5.32 Å². The normalized spacial score (nSPS) is 11.7. The highest BCUT2D eigenvalue weighted by molar-refractivity contribution is 5.77. The highest BCUT2D eigenvalue weighted by atomic mass is 19.1. The summed E-state index contributed by atoms with van der Waals surface area (Å²) in [6.07, 6.45) is 21.6. The molecule has 1 aliphatic carbocycles. The monoisotopic (exact) mass is 859 g/mol. The van der Waals surface area contributed by atoms with Gasteiger partial charge in [0.15, 0.2) is 6.19 Å². The number of unbranched alkanes of at least 4 members (excludes halogenated alkanes) is 4. The minimum Gasteiger partial charge on any atom is -0.506 e. The molecule has 0 saturated carbocycles. The summed E-state index contributed by atoms with van der Waals surface area (Å²) in [5.74, 6) is 0.576. The van der Waals surface area contributed by atoms with Crippen molar-refractivity contribution in [3.05, 3.63) is 112 Å². The van der Waals surface area contributed by atoms with Crippen LogP contribution in [0.3, 0.4) is 0 Å². The average molecular weight is 859 g/mol. The van der Waals surface area contributed by atoms with Crippen molar-refractivity contribution in [3.63, 3.8) is 0 Å². The topological polar surface area (TPSA) is 130 Å². The van der Waals surface area contributed by atoms with E-state index in [0.717, 1.165) is 62.7 Å². The van der Waals surface area contributed by atoms with E-state index >= 15 is 0 Å². The van der Waals surface area contributed by atoms with E-state index in [1.165, 1.54) is 60.9 Å². The molecule has 0 aromatic heterocycles. The highest BCUT2D eigenvalue weighted by Gasteiger charge is 2.20. The van der Waals surface area contributed by atoms with Crippen LogP contribution in [0.4, 0.5) is 21.5 Å². The van der Waals surface area contributed by atoms with Gasteiger partial charge in [0.1, 0.15) is 23.8 Å². The molecule has 1 aliphatic rings. The summed E-state index contributed by atoms with van der Waals surface area (Å²) < 4.78 is 19.0. The molecule has 0 atom stereocenters. The third-order valence-corrected chi connectivity index (χ3v) is 11.4. The van der Waals surface area contributed by atoms with Gasteiger partial charge in [-0.05, 0) is 148 Å². The number of nitrogens with zero attached hydrogens (tertiary/aromatic N) is 3. The first-order valence-corrected chi connectivity index (χ1v) is 23.3. The zero-order valence-electron chi connectivity index (χ0n) is 39.4. The van der Waals surface area contributed by atoms with Crippen molar-refractivity contribution in [1.82, 2.24) is 5.32 Å². The van der Waals surface area contributed by atoms with Crippen LogP contribution in [0.25, 0.3) is 11.1 Å². The van der Waals surface area contributed by atoms with Gasteiger partial charge in [0.2, 0.25) is 0 Å². The number of fused-ring (bicyclic) bond motifs is 1. The Kier molecular flexibility index (Phi) is 23.2. The standard InChI is InChI=1S/C24H29N5O2.C22H29N.C8H17F/c1-2-3-4-5-6-7-8-28-15-20-12-23(30)22(27)13-24(20)31-16-19-9-18(14-25)10-21(11-19)29-17-26;1-4-5-6-16-23(3)22-15-9-12-19(17(22)2)21-14-8-11-18-10-7-13-20(18)21;1-4-6-8(3,9)7-5-2/h3-4,9-13,28-30H,2,5-8,15-16,27H2,1H3;8-9,11-12,14-15H,4-7,10,13,16H2,1-3H3;4-7H2,1-3H3/b4-3+;;. The SMILES string of the molecule is CC/C=C/CCCCNCc1cc(O)c(N)cc1OCc1cc(C#N)cc(NC#N)c1.CCCC(C)(F)CCC.CCCCCN(C)c1cccc(-c2cccc3c2CCC3)c1C. The third-order valence-electron chi connectivity index (χ3n) is 11.4. The van der Waals surface area contributed by atoms with Crippen molar-refractivity contribution < 1.29 is 14.2 Å². The van der Waals surface area contributed by atoms with E-state index in [9.17, 15) is 14.8 Å².